The number of ether oxygens (including phenoxy) is 15. The number of carbonyl (C=O) groups excluding carboxylic acids is 7. The van der Waals surface area contributed by atoms with Crippen LogP contribution in [-0.2, 0) is 108 Å². The predicted octanol–water partition coefficient (Wildman–Crippen LogP) is 5.42. The second-order valence-electron chi connectivity index (χ2n) is 18.8. The molecule has 4 aromatic rings. The Hall–Kier alpha value is -7.29. The highest BCUT2D eigenvalue weighted by Crippen LogP contribution is 2.39. The van der Waals surface area contributed by atoms with Gasteiger partial charge in [-0.05, 0) is 48.4 Å². The van der Waals surface area contributed by atoms with Gasteiger partial charge in [0, 0.05) is 41.7 Å². The van der Waals surface area contributed by atoms with Gasteiger partial charge in [-0.3, -0.25) is 24.0 Å². The Labute approximate surface area is 464 Å². The third-order valence-electron chi connectivity index (χ3n) is 12.7. The molecule has 3 aliphatic rings. The van der Waals surface area contributed by atoms with Gasteiger partial charge >= 0.3 is 41.8 Å². The summed E-state index contributed by atoms with van der Waals surface area (Å²) >= 11 is 0. The van der Waals surface area contributed by atoms with Crippen molar-refractivity contribution in [1.29, 1.82) is 0 Å². The summed E-state index contributed by atoms with van der Waals surface area (Å²) in [5.41, 5.74) is 0.443. The third kappa shape index (κ3) is 16.7. The Bertz CT molecular complexity index is 2770. The molecule has 3 fully saturated rings. The first-order valence-electron chi connectivity index (χ1n) is 25.6. The maximum atomic E-state index is 15.4. The monoisotopic (exact) mass is 1140 g/mol. The van der Waals surface area contributed by atoms with E-state index in [1.807, 2.05) is 0 Å². The normalized spacial score (nSPS) is 28.1. The van der Waals surface area contributed by atoms with Gasteiger partial charge in [-0.25, -0.2) is 18.4 Å². The topological polar surface area (TPSA) is 258 Å². The number of esters is 7. The van der Waals surface area contributed by atoms with E-state index in [2.05, 4.69) is 0 Å². The molecule has 22 nitrogen and oxygen atoms in total. The van der Waals surface area contributed by atoms with Gasteiger partial charge in [0.15, 0.2) is 55.5 Å². The van der Waals surface area contributed by atoms with Crippen LogP contribution in [0.5, 0.6) is 0 Å². The molecule has 7 rings (SSSR count). The Morgan fingerprint density at radius 1 is 0.469 bits per heavy atom. The summed E-state index contributed by atoms with van der Waals surface area (Å²) in [5.74, 6) is -9.25. The number of benzene rings is 4. The van der Waals surface area contributed by atoms with E-state index in [0.717, 1.165) is 40.7 Å². The first-order chi connectivity index (χ1) is 38.8. The summed E-state index contributed by atoms with van der Waals surface area (Å²) in [6, 6.07) is 27.4. The van der Waals surface area contributed by atoms with Gasteiger partial charge in [-0.1, -0.05) is 78.9 Å². The van der Waals surface area contributed by atoms with E-state index in [-0.39, 0.29) is 18.8 Å². The van der Waals surface area contributed by atoms with Gasteiger partial charge in [0.25, 0.3) is 0 Å². The smallest absolute Gasteiger partial charge is 0.341 e. The number of carbonyl (C=O) groups is 7. The fourth-order valence-corrected chi connectivity index (χ4v) is 9.24. The van der Waals surface area contributed by atoms with E-state index >= 15 is 4.39 Å². The molecule has 436 valence electrons. The summed E-state index contributed by atoms with van der Waals surface area (Å²) in [6.07, 6.45) is -25.1. The molecule has 0 N–H and O–H groups in total. The lowest BCUT2D eigenvalue weighted by molar-refractivity contribution is -0.386. The fraction of sp³-hybridized carbons (Fsp3) is 0.456. The van der Waals surface area contributed by atoms with E-state index in [1.165, 1.54) is 26.2 Å². The van der Waals surface area contributed by atoms with E-state index in [1.54, 1.807) is 78.9 Å². The number of halogens is 2. The van der Waals surface area contributed by atoms with Gasteiger partial charge in [-0.2, -0.15) is 0 Å². The van der Waals surface area contributed by atoms with Crippen molar-refractivity contribution >= 4 is 41.8 Å². The zero-order chi connectivity index (χ0) is 58.3. The van der Waals surface area contributed by atoms with Gasteiger partial charge in [-0.15, -0.1) is 0 Å². The van der Waals surface area contributed by atoms with Crippen molar-refractivity contribution in [1.82, 2.24) is 0 Å². The second-order valence-corrected chi connectivity index (χ2v) is 18.8. The van der Waals surface area contributed by atoms with E-state index in [4.69, 9.17) is 71.1 Å². The minimum atomic E-state index is -2.14. The highest BCUT2D eigenvalue weighted by molar-refractivity contribution is 5.90. The highest BCUT2D eigenvalue weighted by atomic mass is 19.1. The molecule has 3 heterocycles. The second kappa shape index (κ2) is 28.9. The van der Waals surface area contributed by atoms with Crippen LogP contribution in [0.25, 0.3) is 0 Å². The van der Waals surface area contributed by atoms with Crippen molar-refractivity contribution in [3.63, 3.8) is 0 Å². The highest BCUT2D eigenvalue weighted by Gasteiger charge is 2.59. The van der Waals surface area contributed by atoms with E-state index in [9.17, 15) is 38.0 Å². The van der Waals surface area contributed by atoms with E-state index in [0.29, 0.717) is 23.3 Å². The quantitative estimate of drug-likeness (QED) is 0.0703. The molecule has 0 amide bonds. The molecule has 0 radical (unpaired) electrons. The molecule has 3 aliphatic heterocycles. The standard InChI is InChI=1S/C57H62F2O22/c1-30-44(72-32(3)61)47(74-34(5)63)50(70-27-37-19-13-9-14-20-37)56(71-30)81-49-46(42(28-68-26-36-17-11-8-12-18-36)76-55(67-7)51(49)78-53(65)38-21-15-10-16-22-38)80-57-52(79-54(66)40-25-39(58)23-24-41(40)59)48(75-35(6)64)45(73-33(4)62)43(77-57)29-69-31(2)60/h8-25,30,42-52,55-57H,26-29H2,1-7H3/t30-,42+,43+,44+,45-,46+,47+,48-,49-,50-,51+,52+,55-,56-,57-/m0/s1. The number of hydrogen-bond acceptors (Lipinski definition) is 22. The van der Waals surface area contributed by atoms with Crippen LogP contribution in [0, 0.1) is 11.6 Å². The van der Waals surface area contributed by atoms with Crippen LogP contribution < -0.4 is 0 Å². The SMILES string of the molecule is CO[C@H]1O[C@H](COCc2ccccc2)[C@@H](O[C@@H]2O[C@H](COC(C)=O)[C@H](OC(C)=O)[C@H](OC(C)=O)[C@H]2OC(=O)c2cc(F)ccc2F)[C@H](O[C@@H]2O[C@@H](C)[C@@H](OC(C)=O)[C@@H](OC(C)=O)[C@@H]2OCc2ccccc2)[C@H]1OC(=O)c1ccccc1. The maximum absolute atomic E-state index is 15.4. The molecule has 15 atom stereocenters. The van der Waals surface area contributed by atoms with Crippen molar-refractivity contribution < 1.29 is 113 Å². The summed E-state index contributed by atoms with van der Waals surface area (Å²) in [6.45, 7) is 5.43. The van der Waals surface area contributed by atoms with Crippen LogP contribution in [0.4, 0.5) is 8.78 Å². The number of methoxy groups -OCH3 is 1. The lowest BCUT2D eigenvalue weighted by Gasteiger charge is -2.51. The first kappa shape index (κ1) is 61.3. The fourth-order valence-electron chi connectivity index (χ4n) is 9.24. The average molecular weight is 1140 g/mol. The average Bonchev–Trinajstić information content (AvgIpc) is 3.43. The third-order valence-corrected chi connectivity index (χ3v) is 12.7. The van der Waals surface area contributed by atoms with Crippen LogP contribution in [-0.4, -0.2) is 154 Å². The Morgan fingerprint density at radius 3 is 1.56 bits per heavy atom. The molecule has 3 saturated heterocycles. The molecule has 0 bridgehead atoms. The molecule has 0 saturated carbocycles. The number of rotatable bonds is 22. The van der Waals surface area contributed by atoms with E-state index < -0.39 is 164 Å². The molecule has 81 heavy (non-hydrogen) atoms. The summed E-state index contributed by atoms with van der Waals surface area (Å²) in [7, 11) is 1.24. The van der Waals surface area contributed by atoms with Crippen LogP contribution in [0.3, 0.4) is 0 Å². The minimum Gasteiger partial charge on any atom is -0.463 e. The van der Waals surface area contributed by atoms with Crippen LogP contribution in [0.2, 0.25) is 0 Å². The van der Waals surface area contributed by atoms with Crippen LogP contribution in [0.1, 0.15) is 73.4 Å². The minimum absolute atomic E-state index is 0.0360. The summed E-state index contributed by atoms with van der Waals surface area (Å²) in [4.78, 5) is 92.5. The van der Waals surface area contributed by atoms with Crippen molar-refractivity contribution in [2.45, 2.75) is 147 Å². The maximum Gasteiger partial charge on any atom is 0.341 e. The number of hydrogen-bond donors (Lipinski definition) is 0. The largest absolute Gasteiger partial charge is 0.463 e. The van der Waals surface area contributed by atoms with Gasteiger partial charge in [0.2, 0.25) is 0 Å². The van der Waals surface area contributed by atoms with Crippen molar-refractivity contribution in [3.05, 3.63) is 143 Å². The molecule has 0 spiro atoms. The summed E-state index contributed by atoms with van der Waals surface area (Å²) in [5, 5.41) is 0. The molecule has 4 aromatic carbocycles. The van der Waals surface area contributed by atoms with Crippen molar-refractivity contribution in [3.8, 4) is 0 Å². The Kier molecular flexibility index (Phi) is 21.9. The lowest BCUT2D eigenvalue weighted by Crippen LogP contribution is -2.68. The molecular weight excluding hydrogens is 1070 g/mol. The van der Waals surface area contributed by atoms with Crippen molar-refractivity contribution in [2.75, 3.05) is 20.3 Å². The van der Waals surface area contributed by atoms with Crippen LogP contribution >= 0.6 is 0 Å². The Balaban J connectivity index is 1.42. The first-order valence-corrected chi connectivity index (χ1v) is 25.6. The molecule has 0 unspecified atom stereocenters. The van der Waals surface area contributed by atoms with Gasteiger partial charge in [0.1, 0.15) is 48.8 Å². The zero-order valence-electron chi connectivity index (χ0n) is 45.1. The Morgan fingerprint density at radius 2 is 0.963 bits per heavy atom. The molecule has 0 aromatic heterocycles. The summed E-state index contributed by atoms with van der Waals surface area (Å²) < 4.78 is 123. The van der Waals surface area contributed by atoms with Crippen molar-refractivity contribution in [2.24, 2.45) is 0 Å². The zero-order valence-corrected chi connectivity index (χ0v) is 45.1. The van der Waals surface area contributed by atoms with Gasteiger partial charge in [0.05, 0.1) is 37.1 Å². The lowest BCUT2D eigenvalue weighted by atomic mass is 9.95. The molecule has 24 heteroatoms. The van der Waals surface area contributed by atoms with Crippen LogP contribution in [0.15, 0.2) is 109 Å². The van der Waals surface area contributed by atoms with Gasteiger partial charge < -0.3 is 71.1 Å². The molecule has 0 aliphatic carbocycles. The predicted molar refractivity (Wildman–Crippen MR) is 270 cm³/mol. The molecular formula is C57H62F2O22.